The zero-order valence-electron chi connectivity index (χ0n) is 15.1. The first kappa shape index (κ1) is 21.4. The normalized spacial score (nSPS) is 21.7. The maximum Gasteiger partial charge on any atom is 1.00 e. The van der Waals surface area contributed by atoms with Crippen molar-refractivity contribution < 1.29 is 55.7 Å². The van der Waals surface area contributed by atoms with Gasteiger partial charge in [-0.25, -0.2) is 9.78 Å². The second-order valence-electron chi connectivity index (χ2n) is 5.26. The number of rotatable bonds is 5. The number of nitrogens with one attached hydrogen (secondary N) is 1. The van der Waals surface area contributed by atoms with E-state index in [2.05, 4.69) is 22.0 Å². The van der Waals surface area contributed by atoms with Gasteiger partial charge in [0, 0.05) is 11.1 Å². The SMILES string of the molecule is C=CC1=C(C(=O)O)N2C(=O)[C@@H](NC(=O)/C(=N\O)c3csc(N)n3)[C@H]2SC1.[H+].[Na+]. The molecule has 1 fully saturated rings. The molecule has 0 radical (unpaired) electrons. The van der Waals surface area contributed by atoms with Crippen LogP contribution in [0.4, 0.5) is 5.13 Å². The summed E-state index contributed by atoms with van der Waals surface area (Å²) in [6, 6.07) is -0.944. The Morgan fingerprint density at radius 3 is 2.78 bits per heavy atom. The van der Waals surface area contributed by atoms with E-state index in [1.54, 1.807) is 0 Å². The van der Waals surface area contributed by atoms with Crippen LogP contribution >= 0.6 is 23.1 Å². The molecule has 2 aliphatic rings. The number of amides is 2. The minimum absolute atomic E-state index is 0. The van der Waals surface area contributed by atoms with Gasteiger partial charge < -0.3 is 21.4 Å². The molecule has 0 unspecified atom stereocenters. The number of fused-ring (bicyclic) bond motifs is 1. The van der Waals surface area contributed by atoms with Crippen LogP contribution in [-0.2, 0) is 14.4 Å². The molecule has 2 aliphatic heterocycles. The molecule has 2 atom stereocenters. The molecule has 10 nitrogen and oxygen atoms in total. The fraction of sp³-hybridized carbons (Fsp3) is 0.214. The Bertz CT molecular complexity index is 889. The molecule has 3 heterocycles. The van der Waals surface area contributed by atoms with Crippen molar-refractivity contribution in [2.24, 2.45) is 5.16 Å². The van der Waals surface area contributed by atoms with E-state index in [0.717, 1.165) is 16.2 Å². The summed E-state index contributed by atoms with van der Waals surface area (Å²) in [5, 5.41) is 24.9. The predicted molar refractivity (Wildman–Crippen MR) is 95.8 cm³/mol. The van der Waals surface area contributed by atoms with E-state index in [0.29, 0.717) is 11.3 Å². The van der Waals surface area contributed by atoms with Crippen LogP contribution in [0.2, 0.25) is 0 Å². The van der Waals surface area contributed by atoms with E-state index in [1.165, 1.54) is 23.2 Å². The van der Waals surface area contributed by atoms with E-state index in [4.69, 9.17) is 10.9 Å². The average molecular weight is 419 g/mol. The molecule has 1 aromatic rings. The smallest absolute Gasteiger partial charge is 0.477 e. The zero-order chi connectivity index (χ0) is 19.0. The van der Waals surface area contributed by atoms with Crippen molar-refractivity contribution in [1.82, 2.24) is 15.2 Å². The Hall–Kier alpha value is -1.86. The van der Waals surface area contributed by atoms with Gasteiger partial charge in [0.15, 0.2) is 10.8 Å². The summed E-state index contributed by atoms with van der Waals surface area (Å²) in [7, 11) is 0. The number of carbonyl (C=O) groups is 3. The van der Waals surface area contributed by atoms with Gasteiger partial charge in [-0.15, -0.1) is 23.1 Å². The van der Waals surface area contributed by atoms with Gasteiger partial charge in [-0.05, 0) is 5.57 Å². The maximum atomic E-state index is 12.4. The van der Waals surface area contributed by atoms with Crippen molar-refractivity contribution in [2.75, 3.05) is 11.5 Å². The minimum Gasteiger partial charge on any atom is -0.477 e. The van der Waals surface area contributed by atoms with E-state index < -0.39 is 29.2 Å². The molecule has 27 heavy (non-hydrogen) atoms. The summed E-state index contributed by atoms with van der Waals surface area (Å²) in [4.78, 5) is 41.2. The number of allylic oxidation sites excluding steroid dienone is 1. The summed E-state index contributed by atoms with van der Waals surface area (Å²) in [6.07, 6.45) is 1.40. The summed E-state index contributed by atoms with van der Waals surface area (Å²) in [6.45, 7) is 3.56. The van der Waals surface area contributed by atoms with E-state index in [-0.39, 0.29) is 53.2 Å². The van der Waals surface area contributed by atoms with Gasteiger partial charge in [0.1, 0.15) is 22.8 Å². The molecule has 2 amide bonds. The minimum atomic E-state index is -1.24. The number of nitrogen functional groups attached to an aromatic ring is 1. The topological polar surface area (TPSA) is 158 Å². The second-order valence-corrected chi connectivity index (χ2v) is 7.26. The number of thiazole rings is 1. The third-order valence-corrected chi connectivity index (χ3v) is 5.79. The summed E-state index contributed by atoms with van der Waals surface area (Å²) in [5.41, 5.74) is 5.49. The van der Waals surface area contributed by atoms with Gasteiger partial charge >= 0.3 is 37.0 Å². The molecule has 0 bridgehead atoms. The molecule has 1 aromatic heterocycles. The standard InChI is InChI=1S/C14H13N5O5S2.Na/c1-2-5-3-25-12-8(11(21)19(12)9(5)13(22)23)17-10(20)7(18-24)6-4-26-14(15)16-6;/h2,4,8,12,24H,1,3H2,(H2,15,16)(H,17,20)(H,22,23);/q;+1/p+1/b18-7-;/t8-,12-;/m1./s1. The van der Waals surface area contributed by atoms with Crippen molar-refractivity contribution in [2.45, 2.75) is 11.4 Å². The first-order valence-electron chi connectivity index (χ1n) is 7.16. The van der Waals surface area contributed by atoms with Gasteiger partial charge in [-0.1, -0.05) is 17.8 Å². The molecule has 0 saturated carbocycles. The Balaban J connectivity index is 0.00000196. The second kappa shape index (κ2) is 8.44. The number of hydrogen-bond acceptors (Lipinski definition) is 9. The van der Waals surface area contributed by atoms with Gasteiger partial charge in [0.25, 0.3) is 11.8 Å². The molecule has 136 valence electrons. The monoisotopic (exact) mass is 419 g/mol. The Morgan fingerprint density at radius 2 is 2.26 bits per heavy atom. The van der Waals surface area contributed by atoms with Crippen molar-refractivity contribution >= 4 is 51.7 Å². The molecular weight excluding hydrogens is 405 g/mol. The number of nitrogens with zero attached hydrogens (tertiary/aromatic N) is 3. The van der Waals surface area contributed by atoms with Crippen LogP contribution in [-0.4, -0.2) is 60.9 Å². The fourth-order valence-electron chi connectivity index (χ4n) is 2.62. The molecule has 0 aliphatic carbocycles. The number of hydrogen-bond donors (Lipinski definition) is 4. The first-order chi connectivity index (χ1) is 12.4. The number of oxime groups is 1. The molecule has 1 saturated heterocycles. The van der Waals surface area contributed by atoms with Crippen LogP contribution in [0.3, 0.4) is 0 Å². The molecule has 0 spiro atoms. The van der Waals surface area contributed by atoms with Crippen LogP contribution in [0, 0.1) is 0 Å². The maximum absolute atomic E-state index is 12.4. The van der Waals surface area contributed by atoms with Crippen LogP contribution in [0.15, 0.2) is 34.5 Å². The Kier molecular flexibility index (Phi) is 6.70. The Morgan fingerprint density at radius 1 is 1.56 bits per heavy atom. The number of thioether (sulfide) groups is 1. The summed E-state index contributed by atoms with van der Waals surface area (Å²) < 4.78 is 0. The number of anilines is 1. The quantitative estimate of drug-likeness (QED) is 0.129. The van der Waals surface area contributed by atoms with E-state index >= 15 is 0 Å². The van der Waals surface area contributed by atoms with Gasteiger partial charge in [0.05, 0.1) is 0 Å². The third-order valence-electron chi connectivity index (χ3n) is 3.81. The van der Waals surface area contributed by atoms with Gasteiger partial charge in [0.2, 0.25) is 0 Å². The molecule has 13 heteroatoms. The number of aromatic nitrogens is 1. The molecule has 0 aromatic carbocycles. The molecular formula is C14H14N5NaO5S2+2. The number of β-lactam (4-membered cyclic amide) rings is 1. The number of nitrogens with two attached hydrogens (primary N) is 1. The summed E-state index contributed by atoms with van der Waals surface area (Å²) in [5.74, 6) is -2.27. The largest absolute Gasteiger partial charge is 1.00 e. The summed E-state index contributed by atoms with van der Waals surface area (Å²) >= 11 is 2.37. The van der Waals surface area contributed by atoms with Crippen LogP contribution in [0.1, 0.15) is 7.12 Å². The zero-order valence-corrected chi connectivity index (χ0v) is 17.7. The third kappa shape index (κ3) is 3.75. The number of carbonyl (C=O) groups excluding carboxylic acids is 2. The number of carboxylic acid groups (broad SMARTS) is 1. The average Bonchev–Trinajstić information content (AvgIpc) is 3.04. The van der Waals surface area contributed by atoms with Crippen LogP contribution < -0.4 is 40.6 Å². The first-order valence-corrected chi connectivity index (χ1v) is 9.09. The van der Waals surface area contributed by atoms with Gasteiger partial charge in [-0.3, -0.25) is 14.5 Å². The van der Waals surface area contributed by atoms with E-state index in [9.17, 15) is 19.5 Å². The molecule has 3 rings (SSSR count). The fourth-order valence-corrected chi connectivity index (χ4v) is 4.51. The number of aliphatic carboxylic acids is 1. The van der Waals surface area contributed by atoms with Crippen molar-refractivity contribution in [1.29, 1.82) is 0 Å². The molecule has 5 N–H and O–H groups in total. The van der Waals surface area contributed by atoms with Crippen molar-refractivity contribution in [3.05, 3.63) is 35.0 Å². The predicted octanol–water partition coefficient (Wildman–Crippen LogP) is -3.06. The Labute approximate surface area is 185 Å². The van der Waals surface area contributed by atoms with Gasteiger partial charge in [-0.2, -0.15) is 0 Å². The van der Waals surface area contributed by atoms with Crippen LogP contribution in [0.25, 0.3) is 0 Å². The van der Waals surface area contributed by atoms with Crippen molar-refractivity contribution in [3.63, 3.8) is 0 Å². The van der Waals surface area contributed by atoms with E-state index in [1.807, 2.05) is 0 Å². The van der Waals surface area contributed by atoms with Crippen LogP contribution in [0.5, 0.6) is 0 Å². The number of carboxylic acids is 1. The van der Waals surface area contributed by atoms with Crippen molar-refractivity contribution in [3.8, 4) is 0 Å².